The molecule has 1 aromatic carbocycles. The normalized spacial score (nSPS) is 19.8. The number of hydrogen-bond acceptors (Lipinski definition) is 3. The summed E-state index contributed by atoms with van der Waals surface area (Å²) >= 11 is 0. The first-order valence-electron chi connectivity index (χ1n) is 6.64. The van der Waals surface area contributed by atoms with Crippen molar-refractivity contribution in [2.24, 2.45) is 5.41 Å². The topological polar surface area (TPSA) is 49.3 Å². The van der Waals surface area contributed by atoms with Gasteiger partial charge in [0.15, 0.2) is 5.78 Å². The number of allylic oxidation sites excluding steroid dienone is 2. The molecule has 102 valence electrons. The highest BCUT2D eigenvalue weighted by Gasteiger charge is 2.27. The van der Waals surface area contributed by atoms with Crippen molar-refractivity contribution in [3.8, 4) is 0 Å². The number of benzene rings is 1. The zero-order valence-corrected chi connectivity index (χ0v) is 11.7. The van der Waals surface area contributed by atoms with E-state index in [1.165, 1.54) is 0 Å². The predicted octanol–water partition coefficient (Wildman–Crippen LogP) is 3.42. The van der Waals surface area contributed by atoms with Crippen LogP contribution in [0.1, 0.15) is 45.3 Å². The highest BCUT2D eigenvalue weighted by molar-refractivity contribution is 5.92. The number of rotatable bonds is 3. The number of aliphatic hydroxyl groups excluding tert-OH is 1. The van der Waals surface area contributed by atoms with Gasteiger partial charge in [0, 0.05) is 23.9 Å². The molecule has 0 aliphatic heterocycles. The first-order valence-corrected chi connectivity index (χ1v) is 6.64. The summed E-state index contributed by atoms with van der Waals surface area (Å²) in [4.78, 5) is 11.7. The van der Waals surface area contributed by atoms with Crippen LogP contribution in [0.4, 0.5) is 5.69 Å². The minimum Gasteiger partial charge on any atom is -0.389 e. The van der Waals surface area contributed by atoms with Gasteiger partial charge in [0.1, 0.15) is 0 Å². The van der Waals surface area contributed by atoms with E-state index in [2.05, 4.69) is 19.2 Å². The lowest BCUT2D eigenvalue weighted by molar-refractivity contribution is -0.117. The third-order valence-corrected chi connectivity index (χ3v) is 3.33. The summed E-state index contributed by atoms with van der Waals surface area (Å²) in [5.41, 5.74) is 2.74. The summed E-state index contributed by atoms with van der Waals surface area (Å²) in [6.07, 6.45) is 2.67. The van der Waals surface area contributed by atoms with E-state index in [1.54, 1.807) is 13.0 Å². The Morgan fingerprint density at radius 1 is 1.32 bits per heavy atom. The lowest BCUT2D eigenvalue weighted by Crippen LogP contribution is -2.24. The summed E-state index contributed by atoms with van der Waals surface area (Å²) in [6, 6.07) is 7.65. The van der Waals surface area contributed by atoms with Crippen molar-refractivity contribution in [3.63, 3.8) is 0 Å². The SMILES string of the molecule is C[C@@H](O)c1cccc(NC2=CC(=O)CC(C)(C)C2)c1. The molecular weight excluding hydrogens is 238 g/mol. The fourth-order valence-corrected chi connectivity index (χ4v) is 2.49. The molecule has 0 spiro atoms. The van der Waals surface area contributed by atoms with E-state index in [-0.39, 0.29) is 11.2 Å². The molecule has 3 heteroatoms. The number of carbonyl (C=O) groups excluding carboxylic acids is 1. The summed E-state index contributed by atoms with van der Waals surface area (Å²) < 4.78 is 0. The van der Waals surface area contributed by atoms with Gasteiger partial charge in [0.25, 0.3) is 0 Å². The second-order valence-electron chi connectivity index (χ2n) is 6.08. The first-order chi connectivity index (χ1) is 8.85. The Balaban J connectivity index is 2.17. The Morgan fingerprint density at radius 2 is 2.05 bits per heavy atom. The van der Waals surface area contributed by atoms with Gasteiger partial charge in [-0.05, 0) is 36.5 Å². The molecule has 0 unspecified atom stereocenters. The van der Waals surface area contributed by atoms with E-state index in [9.17, 15) is 9.90 Å². The van der Waals surface area contributed by atoms with E-state index >= 15 is 0 Å². The number of aliphatic hydroxyl groups is 1. The highest BCUT2D eigenvalue weighted by Crippen LogP contribution is 2.34. The van der Waals surface area contributed by atoms with Crippen LogP contribution < -0.4 is 5.32 Å². The molecule has 1 aliphatic rings. The largest absolute Gasteiger partial charge is 0.389 e. The van der Waals surface area contributed by atoms with Gasteiger partial charge in [-0.1, -0.05) is 26.0 Å². The number of carbonyl (C=O) groups is 1. The van der Waals surface area contributed by atoms with Crippen LogP contribution in [0.3, 0.4) is 0 Å². The Hall–Kier alpha value is -1.61. The van der Waals surface area contributed by atoms with Crippen molar-refractivity contribution in [3.05, 3.63) is 41.6 Å². The van der Waals surface area contributed by atoms with Crippen LogP contribution in [0.5, 0.6) is 0 Å². The number of ketones is 1. The van der Waals surface area contributed by atoms with Gasteiger partial charge in [-0.25, -0.2) is 0 Å². The lowest BCUT2D eigenvalue weighted by atomic mass is 9.79. The maximum atomic E-state index is 11.7. The van der Waals surface area contributed by atoms with Crippen LogP contribution in [0, 0.1) is 5.41 Å². The second-order valence-corrected chi connectivity index (χ2v) is 6.08. The van der Waals surface area contributed by atoms with Crippen molar-refractivity contribution in [1.29, 1.82) is 0 Å². The Labute approximate surface area is 114 Å². The average Bonchev–Trinajstić information content (AvgIpc) is 2.26. The minimum atomic E-state index is -0.486. The summed E-state index contributed by atoms with van der Waals surface area (Å²) in [5.74, 6) is 0.172. The van der Waals surface area contributed by atoms with Crippen molar-refractivity contribution in [2.75, 3.05) is 5.32 Å². The molecule has 2 rings (SSSR count). The molecule has 0 fully saturated rings. The van der Waals surface area contributed by atoms with E-state index in [0.29, 0.717) is 6.42 Å². The average molecular weight is 259 g/mol. The maximum Gasteiger partial charge on any atom is 0.157 e. The molecule has 1 aliphatic carbocycles. The minimum absolute atomic E-state index is 0.00997. The zero-order valence-electron chi connectivity index (χ0n) is 11.7. The summed E-state index contributed by atoms with van der Waals surface area (Å²) in [7, 11) is 0. The number of anilines is 1. The lowest BCUT2D eigenvalue weighted by Gasteiger charge is -2.29. The van der Waals surface area contributed by atoms with Gasteiger partial charge in [-0.2, -0.15) is 0 Å². The molecule has 0 aromatic heterocycles. The number of hydrogen-bond donors (Lipinski definition) is 2. The summed E-state index contributed by atoms with van der Waals surface area (Å²) in [6.45, 7) is 5.95. The molecule has 19 heavy (non-hydrogen) atoms. The van der Waals surface area contributed by atoms with E-state index < -0.39 is 6.10 Å². The van der Waals surface area contributed by atoms with Crippen molar-refractivity contribution in [1.82, 2.24) is 0 Å². The molecule has 0 heterocycles. The van der Waals surface area contributed by atoms with E-state index in [4.69, 9.17) is 0 Å². The van der Waals surface area contributed by atoms with Crippen LogP contribution in [0.25, 0.3) is 0 Å². The van der Waals surface area contributed by atoms with Crippen molar-refractivity contribution >= 4 is 11.5 Å². The molecule has 1 atom stereocenters. The van der Waals surface area contributed by atoms with Gasteiger partial charge in [-0.3, -0.25) is 4.79 Å². The molecule has 0 bridgehead atoms. The van der Waals surface area contributed by atoms with Gasteiger partial charge in [0.05, 0.1) is 6.10 Å². The van der Waals surface area contributed by atoms with Crippen molar-refractivity contribution < 1.29 is 9.90 Å². The smallest absolute Gasteiger partial charge is 0.157 e. The van der Waals surface area contributed by atoms with Crippen LogP contribution in [0.15, 0.2) is 36.0 Å². The molecule has 0 saturated heterocycles. The van der Waals surface area contributed by atoms with Gasteiger partial charge < -0.3 is 10.4 Å². The standard InChI is InChI=1S/C16H21NO2/c1-11(18)12-5-4-6-13(7-12)17-14-8-15(19)10-16(2,3)9-14/h4-8,11,17-18H,9-10H2,1-3H3/t11-/m1/s1. The van der Waals surface area contributed by atoms with Gasteiger partial charge in [0.2, 0.25) is 0 Å². The third-order valence-electron chi connectivity index (χ3n) is 3.33. The van der Waals surface area contributed by atoms with Crippen LogP contribution in [-0.4, -0.2) is 10.9 Å². The monoisotopic (exact) mass is 259 g/mol. The number of nitrogens with one attached hydrogen (secondary N) is 1. The fraction of sp³-hybridized carbons (Fsp3) is 0.438. The quantitative estimate of drug-likeness (QED) is 0.874. The van der Waals surface area contributed by atoms with E-state index in [1.807, 2.05) is 24.3 Å². The van der Waals surface area contributed by atoms with Gasteiger partial charge >= 0.3 is 0 Å². The summed E-state index contributed by atoms with van der Waals surface area (Å²) in [5, 5.41) is 12.9. The zero-order chi connectivity index (χ0) is 14.0. The molecule has 1 aromatic rings. The molecular formula is C16H21NO2. The van der Waals surface area contributed by atoms with Crippen LogP contribution >= 0.6 is 0 Å². The fourth-order valence-electron chi connectivity index (χ4n) is 2.49. The Bertz CT molecular complexity index is 515. The molecule has 0 saturated carbocycles. The molecule has 3 nitrogen and oxygen atoms in total. The molecule has 0 amide bonds. The Kier molecular flexibility index (Phi) is 3.76. The third kappa shape index (κ3) is 3.67. The molecule has 0 radical (unpaired) electrons. The van der Waals surface area contributed by atoms with Gasteiger partial charge in [-0.15, -0.1) is 0 Å². The van der Waals surface area contributed by atoms with E-state index in [0.717, 1.165) is 23.4 Å². The second kappa shape index (κ2) is 5.17. The highest BCUT2D eigenvalue weighted by atomic mass is 16.3. The van der Waals surface area contributed by atoms with Crippen LogP contribution in [-0.2, 0) is 4.79 Å². The van der Waals surface area contributed by atoms with Crippen molar-refractivity contribution in [2.45, 2.75) is 39.7 Å². The van der Waals surface area contributed by atoms with Crippen LogP contribution in [0.2, 0.25) is 0 Å². The Morgan fingerprint density at radius 3 is 2.68 bits per heavy atom. The maximum absolute atomic E-state index is 11.7. The molecule has 2 N–H and O–H groups in total. The first kappa shape index (κ1) is 13.8. The predicted molar refractivity (Wildman–Crippen MR) is 76.8 cm³/mol.